The maximum atomic E-state index is 12.7. The molecule has 0 saturated heterocycles. The second kappa shape index (κ2) is 6.42. The van der Waals surface area contributed by atoms with Crippen LogP contribution in [0.3, 0.4) is 0 Å². The molecule has 0 N–H and O–H groups in total. The highest BCUT2D eigenvalue weighted by atomic mass is 35.5. The van der Waals surface area contributed by atoms with Gasteiger partial charge in [-0.3, -0.25) is 4.98 Å². The van der Waals surface area contributed by atoms with Crippen LogP contribution in [0.5, 0.6) is 5.75 Å². The minimum Gasteiger partial charge on any atom is -0.479 e. The zero-order chi connectivity index (χ0) is 16.3. The first kappa shape index (κ1) is 16.4. The molecule has 0 radical (unpaired) electrons. The van der Waals surface area contributed by atoms with E-state index in [1.807, 2.05) is 6.07 Å². The molecule has 1 aromatic carbocycles. The molecule has 114 valence electrons. The summed E-state index contributed by atoms with van der Waals surface area (Å²) >= 11 is 11.6. The van der Waals surface area contributed by atoms with E-state index in [1.54, 1.807) is 18.2 Å². The number of alkyl halides is 3. The average molecular weight is 347 g/mol. The van der Waals surface area contributed by atoms with Crippen LogP contribution >= 0.6 is 23.2 Å². The van der Waals surface area contributed by atoms with Crippen LogP contribution in [0, 0.1) is 11.3 Å². The maximum Gasteiger partial charge on any atom is 0.419 e. The lowest BCUT2D eigenvalue weighted by molar-refractivity contribution is -0.137. The zero-order valence-electron chi connectivity index (χ0n) is 10.8. The van der Waals surface area contributed by atoms with E-state index in [0.717, 1.165) is 0 Å². The Kier molecular flexibility index (Phi) is 4.79. The third kappa shape index (κ3) is 3.43. The third-order valence-corrected chi connectivity index (χ3v) is 3.53. The van der Waals surface area contributed by atoms with Gasteiger partial charge in [-0.15, -0.1) is 0 Å². The van der Waals surface area contributed by atoms with E-state index in [9.17, 15) is 13.2 Å². The molecule has 3 nitrogen and oxygen atoms in total. The van der Waals surface area contributed by atoms with Gasteiger partial charge in [0.2, 0.25) is 0 Å². The Balaban J connectivity index is 2.46. The Morgan fingerprint density at radius 2 is 1.95 bits per heavy atom. The molecule has 0 bridgehead atoms. The van der Waals surface area contributed by atoms with Crippen molar-refractivity contribution < 1.29 is 17.9 Å². The SMILES string of the molecule is N#CCOc1cccc(-c2ncc(C(F)(F)F)c(Cl)c2Cl)c1. The lowest BCUT2D eigenvalue weighted by Crippen LogP contribution is -2.07. The van der Waals surface area contributed by atoms with Gasteiger partial charge in [0.05, 0.1) is 21.3 Å². The number of halogens is 5. The van der Waals surface area contributed by atoms with Crippen LogP contribution < -0.4 is 4.74 Å². The minimum atomic E-state index is -4.63. The van der Waals surface area contributed by atoms with Gasteiger partial charge in [-0.1, -0.05) is 35.3 Å². The van der Waals surface area contributed by atoms with Gasteiger partial charge in [-0.05, 0) is 12.1 Å². The normalized spacial score (nSPS) is 11.1. The summed E-state index contributed by atoms with van der Waals surface area (Å²) in [5, 5.41) is 7.56. The first-order valence-electron chi connectivity index (χ1n) is 5.86. The van der Waals surface area contributed by atoms with Crippen LogP contribution in [0.4, 0.5) is 13.2 Å². The lowest BCUT2D eigenvalue weighted by atomic mass is 10.1. The topological polar surface area (TPSA) is 45.9 Å². The molecule has 0 aliphatic carbocycles. The number of nitrogens with zero attached hydrogens (tertiary/aromatic N) is 2. The van der Waals surface area contributed by atoms with Gasteiger partial charge in [0, 0.05) is 11.8 Å². The molecule has 8 heteroatoms. The van der Waals surface area contributed by atoms with Crippen molar-refractivity contribution in [2.24, 2.45) is 0 Å². The number of aromatic nitrogens is 1. The summed E-state index contributed by atoms with van der Waals surface area (Å²) in [7, 11) is 0. The van der Waals surface area contributed by atoms with Crippen LogP contribution in [-0.4, -0.2) is 11.6 Å². The van der Waals surface area contributed by atoms with Crippen LogP contribution in [0.2, 0.25) is 10.0 Å². The Morgan fingerprint density at radius 1 is 1.23 bits per heavy atom. The van der Waals surface area contributed by atoms with E-state index >= 15 is 0 Å². The zero-order valence-corrected chi connectivity index (χ0v) is 12.3. The van der Waals surface area contributed by atoms with E-state index in [1.165, 1.54) is 6.07 Å². The van der Waals surface area contributed by atoms with Crippen molar-refractivity contribution in [3.05, 3.63) is 46.1 Å². The van der Waals surface area contributed by atoms with Gasteiger partial charge < -0.3 is 4.74 Å². The van der Waals surface area contributed by atoms with Gasteiger partial charge in [0.25, 0.3) is 0 Å². The number of nitriles is 1. The molecule has 2 aromatic rings. The second-order valence-corrected chi connectivity index (χ2v) is 4.88. The molecule has 0 atom stereocenters. The van der Waals surface area contributed by atoms with Crippen LogP contribution in [0.15, 0.2) is 30.5 Å². The van der Waals surface area contributed by atoms with Gasteiger partial charge in [-0.2, -0.15) is 18.4 Å². The highest BCUT2D eigenvalue weighted by molar-refractivity contribution is 6.44. The summed E-state index contributed by atoms with van der Waals surface area (Å²) in [6.07, 6.45) is -4.00. The first-order chi connectivity index (χ1) is 10.3. The fourth-order valence-corrected chi connectivity index (χ4v) is 2.22. The number of hydrogen-bond acceptors (Lipinski definition) is 3. The standard InChI is InChI=1S/C14H7Cl2F3N2O/c15-11-10(14(17,18)19)7-21-13(12(11)16)8-2-1-3-9(6-8)22-5-4-20/h1-3,6-7H,5H2. The van der Waals surface area contributed by atoms with Crippen LogP contribution in [0.1, 0.15) is 5.56 Å². The fraction of sp³-hybridized carbons (Fsp3) is 0.143. The molecule has 0 fully saturated rings. The Bertz CT molecular complexity index is 742. The van der Waals surface area contributed by atoms with Crippen LogP contribution in [-0.2, 0) is 6.18 Å². The summed E-state index contributed by atoms with van der Waals surface area (Å²) in [6, 6.07) is 8.11. The highest BCUT2D eigenvalue weighted by Crippen LogP contribution is 2.41. The minimum absolute atomic E-state index is 0.0991. The van der Waals surface area contributed by atoms with Crippen molar-refractivity contribution in [3.63, 3.8) is 0 Å². The lowest BCUT2D eigenvalue weighted by Gasteiger charge is -2.12. The quantitative estimate of drug-likeness (QED) is 0.787. The molecule has 22 heavy (non-hydrogen) atoms. The van der Waals surface area contributed by atoms with Crippen molar-refractivity contribution in [1.29, 1.82) is 5.26 Å². The number of hydrogen-bond donors (Lipinski definition) is 0. The largest absolute Gasteiger partial charge is 0.479 e. The molecule has 0 saturated carbocycles. The Labute approximate surface area is 133 Å². The average Bonchev–Trinajstić information content (AvgIpc) is 2.47. The smallest absolute Gasteiger partial charge is 0.419 e. The van der Waals surface area contributed by atoms with E-state index in [0.29, 0.717) is 17.5 Å². The molecule has 2 rings (SSSR count). The molecule has 0 aliphatic heterocycles. The van der Waals surface area contributed by atoms with Crippen LogP contribution in [0.25, 0.3) is 11.3 Å². The van der Waals surface area contributed by atoms with E-state index in [2.05, 4.69) is 4.98 Å². The van der Waals surface area contributed by atoms with Crippen molar-refractivity contribution in [2.45, 2.75) is 6.18 Å². The predicted octanol–water partition coefficient (Wildman–Crippen LogP) is 4.98. The number of ether oxygens (including phenoxy) is 1. The summed E-state index contributed by atoms with van der Waals surface area (Å²) < 4.78 is 43.3. The molecule has 0 amide bonds. The molecular weight excluding hydrogens is 340 g/mol. The molecule has 1 aromatic heterocycles. The summed E-state index contributed by atoms with van der Waals surface area (Å²) in [5.74, 6) is 0.368. The van der Waals surface area contributed by atoms with Gasteiger partial charge in [0.15, 0.2) is 6.61 Å². The van der Waals surface area contributed by atoms with E-state index in [4.69, 9.17) is 33.2 Å². The van der Waals surface area contributed by atoms with Crippen molar-refractivity contribution in [1.82, 2.24) is 4.98 Å². The second-order valence-electron chi connectivity index (χ2n) is 4.12. The molecule has 0 aliphatic rings. The van der Waals surface area contributed by atoms with Gasteiger partial charge in [0.1, 0.15) is 11.8 Å². The third-order valence-electron chi connectivity index (χ3n) is 2.68. The van der Waals surface area contributed by atoms with Crippen molar-refractivity contribution in [2.75, 3.05) is 6.61 Å². The summed E-state index contributed by atoms with van der Waals surface area (Å²) in [6.45, 7) is -0.154. The number of benzene rings is 1. The van der Waals surface area contributed by atoms with Gasteiger partial charge >= 0.3 is 6.18 Å². The fourth-order valence-electron chi connectivity index (χ4n) is 1.71. The van der Waals surface area contributed by atoms with Gasteiger partial charge in [-0.25, -0.2) is 0 Å². The maximum absolute atomic E-state index is 12.7. The number of rotatable bonds is 3. The molecule has 1 heterocycles. The summed E-state index contributed by atoms with van der Waals surface area (Å²) in [5.41, 5.74) is -0.571. The Morgan fingerprint density at radius 3 is 2.59 bits per heavy atom. The van der Waals surface area contributed by atoms with Crippen molar-refractivity contribution in [3.8, 4) is 23.1 Å². The first-order valence-corrected chi connectivity index (χ1v) is 6.61. The Hall–Kier alpha value is -1.97. The molecule has 0 spiro atoms. The number of pyridine rings is 1. The van der Waals surface area contributed by atoms with Crippen molar-refractivity contribution >= 4 is 23.2 Å². The monoisotopic (exact) mass is 346 g/mol. The highest BCUT2D eigenvalue weighted by Gasteiger charge is 2.35. The molecular formula is C14H7Cl2F3N2O. The molecule has 0 unspecified atom stereocenters. The predicted molar refractivity (Wildman–Crippen MR) is 75.8 cm³/mol. The summed E-state index contributed by atoms with van der Waals surface area (Å²) in [4.78, 5) is 3.74. The van der Waals surface area contributed by atoms with E-state index < -0.39 is 16.8 Å². The van der Waals surface area contributed by atoms with E-state index in [-0.39, 0.29) is 17.3 Å².